The van der Waals surface area contributed by atoms with Gasteiger partial charge in [-0.2, -0.15) is 0 Å². The van der Waals surface area contributed by atoms with Crippen LogP contribution >= 0.6 is 0 Å². The number of aliphatic hydroxyl groups is 1. The Hall–Kier alpha value is -0.0400. The Kier molecular flexibility index (Phi) is 4.75. The first-order chi connectivity index (χ1) is 8.55. The van der Waals surface area contributed by atoms with E-state index in [1.165, 1.54) is 44.9 Å². The molecule has 2 fully saturated rings. The van der Waals surface area contributed by atoms with E-state index in [-0.39, 0.29) is 5.60 Å². The average molecular weight is 252 g/mol. The van der Waals surface area contributed by atoms with Crippen LogP contribution in [-0.2, 0) is 0 Å². The van der Waals surface area contributed by atoms with E-state index >= 15 is 0 Å². The molecular weight excluding hydrogens is 220 g/mol. The standard InChI is InChI=1S/C17H32O/c1-4-15-6-5-10-17(18,11-9-15)16-8-7-13(2)14(3)12-16/h13-16,18H,4-12H2,1-3H3. The van der Waals surface area contributed by atoms with E-state index in [2.05, 4.69) is 20.8 Å². The van der Waals surface area contributed by atoms with E-state index in [1.54, 1.807) is 0 Å². The van der Waals surface area contributed by atoms with Crippen molar-refractivity contribution in [3.8, 4) is 0 Å². The smallest absolute Gasteiger partial charge is 0.0676 e. The third-order valence-electron chi connectivity index (χ3n) is 6.14. The Morgan fingerprint density at radius 1 is 1.00 bits per heavy atom. The summed E-state index contributed by atoms with van der Waals surface area (Å²) in [6, 6.07) is 0. The molecule has 0 aliphatic heterocycles. The highest BCUT2D eigenvalue weighted by Crippen LogP contribution is 2.45. The van der Waals surface area contributed by atoms with Crippen molar-refractivity contribution in [1.29, 1.82) is 0 Å². The molecule has 2 saturated carbocycles. The van der Waals surface area contributed by atoms with Gasteiger partial charge in [0.15, 0.2) is 0 Å². The highest BCUT2D eigenvalue weighted by molar-refractivity contribution is 4.92. The van der Waals surface area contributed by atoms with Crippen LogP contribution in [0.15, 0.2) is 0 Å². The van der Waals surface area contributed by atoms with Crippen LogP contribution in [0, 0.1) is 23.7 Å². The fourth-order valence-corrected chi connectivity index (χ4v) is 4.27. The van der Waals surface area contributed by atoms with E-state index in [4.69, 9.17) is 0 Å². The van der Waals surface area contributed by atoms with Gasteiger partial charge in [-0.15, -0.1) is 0 Å². The third kappa shape index (κ3) is 3.10. The van der Waals surface area contributed by atoms with Gasteiger partial charge < -0.3 is 5.11 Å². The van der Waals surface area contributed by atoms with Crippen LogP contribution in [0.25, 0.3) is 0 Å². The predicted octanol–water partition coefficient (Wildman–Crippen LogP) is 4.78. The number of hydrogen-bond donors (Lipinski definition) is 1. The van der Waals surface area contributed by atoms with Crippen molar-refractivity contribution in [3.05, 3.63) is 0 Å². The Morgan fingerprint density at radius 3 is 2.44 bits per heavy atom. The second kappa shape index (κ2) is 5.94. The van der Waals surface area contributed by atoms with Crippen LogP contribution in [0.3, 0.4) is 0 Å². The van der Waals surface area contributed by atoms with Gasteiger partial charge in [-0.25, -0.2) is 0 Å². The molecule has 0 bridgehead atoms. The third-order valence-corrected chi connectivity index (χ3v) is 6.14. The van der Waals surface area contributed by atoms with Crippen LogP contribution in [-0.4, -0.2) is 10.7 Å². The summed E-state index contributed by atoms with van der Waals surface area (Å²) < 4.78 is 0. The van der Waals surface area contributed by atoms with E-state index in [0.717, 1.165) is 30.6 Å². The molecule has 0 aromatic heterocycles. The average Bonchev–Trinajstić information content (AvgIpc) is 2.55. The number of rotatable bonds is 2. The van der Waals surface area contributed by atoms with Gasteiger partial charge in [0.05, 0.1) is 5.60 Å². The quantitative estimate of drug-likeness (QED) is 0.701. The minimum Gasteiger partial charge on any atom is -0.390 e. The summed E-state index contributed by atoms with van der Waals surface area (Å²) in [6.45, 7) is 7.07. The summed E-state index contributed by atoms with van der Waals surface area (Å²) in [5, 5.41) is 11.1. The van der Waals surface area contributed by atoms with Gasteiger partial charge in [-0.1, -0.05) is 46.5 Å². The highest BCUT2D eigenvalue weighted by Gasteiger charge is 2.40. The molecule has 5 unspecified atom stereocenters. The summed E-state index contributed by atoms with van der Waals surface area (Å²) >= 11 is 0. The first kappa shape index (κ1) is 14.4. The predicted molar refractivity (Wildman–Crippen MR) is 77.5 cm³/mol. The second-order valence-electron chi connectivity index (χ2n) is 7.27. The summed E-state index contributed by atoms with van der Waals surface area (Å²) in [6.07, 6.45) is 11.1. The maximum absolute atomic E-state index is 11.1. The Balaban J connectivity index is 1.97. The lowest BCUT2D eigenvalue weighted by molar-refractivity contribution is -0.0587. The summed E-state index contributed by atoms with van der Waals surface area (Å²) in [4.78, 5) is 0. The molecule has 106 valence electrons. The normalized spacial score (nSPS) is 46.7. The van der Waals surface area contributed by atoms with Crippen molar-refractivity contribution < 1.29 is 5.11 Å². The van der Waals surface area contributed by atoms with Gasteiger partial charge in [0, 0.05) is 0 Å². The molecule has 1 heteroatoms. The highest BCUT2D eigenvalue weighted by atomic mass is 16.3. The zero-order chi connectivity index (χ0) is 13.2. The molecule has 0 spiro atoms. The topological polar surface area (TPSA) is 20.2 Å². The number of hydrogen-bond acceptors (Lipinski definition) is 1. The second-order valence-corrected chi connectivity index (χ2v) is 7.27. The molecule has 0 radical (unpaired) electrons. The van der Waals surface area contributed by atoms with Gasteiger partial charge in [0.1, 0.15) is 0 Å². The Labute approximate surface area is 113 Å². The largest absolute Gasteiger partial charge is 0.390 e. The maximum Gasteiger partial charge on any atom is 0.0676 e. The van der Waals surface area contributed by atoms with Crippen LogP contribution in [0.4, 0.5) is 0 Å². The fraction of sp³-hybridized carbons (Fsp3) is 1.00. The zero-order valence-corrected chi connectivity index (χ0v) is 12.6. The van der Waals surface area contributed by atoms with Crippen molar-refractivity contribution in [3.63, 3.8) is 0 Å². The van der Waals surface area contributed by atoms with Crippen LogP contribution in [0.5, 0.6) is 0 Å². The molecule has 0 heterocycles. The molecule has 18 heavy (non-hydrogen) atoms. The van der Waals surface area contributed by atoms with Crippen LogP contribution < -0.4 is 0 Å². The Bertz CT molecular complexity index is 262. The lowest BCUT2D eigenvalue weighted by atomic mass is 9.67. The van der Waals surface area contributed by atoms with Crippen LogP contribution in [0.1, 0.15) is 78.6 Å². The molecule has 2 aliphatic rings. The molecule has 2 rings (SSSR count). The van der Waals surface area contributed by atoms with Crippen molar-refractivity contribution in [2.45, 2.75) is 84.2 Å². The van der Waals surface area contributed by atoms with Crippen molar-refractivity contribution >= 4 is 0 Å². The maximum atomic E-state index is 11.1. The molecule has 1 N–H and O–H groups in total. The van der Waals surface area contributed by atoms with Gasteiger partial charge in [-0.05, 0) is 55.8 Å². The summed E-state index contributed by atoms with van der Waals surface area (Å²) in [7, 11) is 0. The van der Waals surface area contributed by atoms with Crippen molar-refractivity contribution in [1.82, 2.24) is 0 Å². The lowest BCUT2D eigenvalue weighted by Gasteiger charge is -2.42. The first-order valence-corrected chi connectivity index (χ1v) is 8.27. The van der Waals surface area contributed by atoms with Crippen molar-refractivity contribution in [2.75, 3.05) is 0 Å². The summed E-state index contributed by atoms with van der Waals surface area (Å²) in [5.41, 5.74) is -0.321. The Morgan fingerprint density at radius 2 is 1.78 bits per heavy atom. The van der Waals surface area contributed by atoms with Gasteiger partial charge in [-0.3, -0.25) is 0 Å². The van der Waals surface area contributed by atoms with E-state index in [0.29, 0.717) is 5.92 Å². The molecule has 0 aromatic carbocycles. The molecule has 5 atom stereocenters. The van der Waals surface area contributed by atoms with Gasteiger partial charge >= 0.3 is 0 Å². The molecule has 0 amide bonds. The minimum absolute atomic E-state index is 0.321. The molecule has 2 aliphatic carbocycles. The molecular formula is C17H32O. The van der Waals surface area contributed by atoms with E-state index in [1.807, 2.05) is 0 Å². The van der Waals surface area contributed by atoms with Gasteiger partial charge in [0.2, 0.25) is 0 Å². The fourth-order valence-electron chi connectivity index (χ4n) is 4.27. The van der Waals surface area contributed by atoms with E-state index < -0.39 is 0 Å². The van der Waals surface area contributed by atoms with Crippen molar-refractivity contribution in [2.24, 2.45) is 23.7 Å². The lowest BCUT2D eigenvalue weighted by Crippen LogP contribution is -2.41. The zero-order valence-electron chi connectivity index (χ0n) is 12.6. The monoisotopic (exact) mass is 252 g/mol. The molecule has 0 aromatic rings. The molecule has 0 saturated heterocycles. The molecule has 1 nitrogen and oxygen atoms in total. The van der Waals surface area contributed by atoms with E-state index in [9.17, 15) is 5.11 Å². The SMILES string of the molecule is CCC1CCCC(O)(C2CCC(C)C(C)C2)CC1. The first-order valence-electron chi connectivity index (χ1n) is 8.27. The summed E-state index contributed by atoms with van der Waals surface area (Å²) in [5.74, 6) is 3.12. The van der Waals surface area contributed by atoms with Crippen LogP contribution in [0.2, 0.25) is 0 Å². The van der Waals surface area contributed by atoms with Gasteiger partial charge in [0.25, 0.3) is 0 Å². The minimum atomic E-state index is -0.321.